The van der Waals surface area contributed by atoms with E-state index >= 15 is 0 Å². The van der Waals surface area contributed by atoms with E-state index in [0.29, 0.717) is 11.8 Å². The molecule has 0 aromatic rings. The molecule has 2 aliphatic rings. The molecule has 0 heterocycles. The standard InChI is InChI=1S/C8H8F2.C2H6/c9-8(10)6-2-1-5-3-7(5)4-6;1-2/h1-2,4-5,7-8H,3H2;1-2H3. The van der Waals surface area contributed by atoms with Crippen LogP contribution in [0, 0.1) is 11.8 Å². The Hall–Kier alpha value is -0.660. The second-order valence-electron chi connectivity index (χ2n) is 2.89. The van der Waals surface area contributed by atoms with E-state index in [0.717, 1.165) is 6.42 Å². The van der Waals surface area contributed by atoms with Gasteiger partial charge in [-0.1, -0.05) is 32.1 Å². The van der Waals surface area contributed by atoms with Gasteiger partial charge in [-0.15, -0.1) is 0 Å². The third-order valence-corrected chi connectivity index (χ3v) is 2.09. The number of halogens is 2. The zero-order chi connectivity index (χ0) is 9.14. The lowest BCUT2D eigenvalue weighted by atomic mass is 10.1. The highest BCUT2D eigenvalue weighted by atomic mass is 19.3. The van der Waals surface area contributed by atoms with Gasteiger partial charge in [0, 0.05) is 5.57 Å². The van der Waals surface area contributed by atoms with Crippen molar-refractivity contribution in [1.82, 2.24) is 0 Å². The van der Waals surface area contributed by atoms with Gasteiger partial charge in [0.2, 0.25) is 0 Å². The van der Waals surface area contributed by atoms with Crippen molar-refractivity contribution in [2.24, 2.45) is 11.8 Å². The lowest BCUT2D eigenvalue weighted by Crippen LogP contribution is -1.97. The summed E-state index contributed by atoms with van der Waals surface area (Å²) >= 11 is 0. The van der Waals surface area contributed by atoms with Gasteiger partial charge in [0.15, 0.2) is 0 Å². The van der Waals surface area contributed by atoms with Crippen LogP contribution in [0.5, 0.6) is 0 Å². The van der Waals surface area contributed by atoms with Crippen LogP contribution >= 0.6 is 0 Å². The zero-order valence-electron chi connectivity index (χ0n) is 7.43. The number of alkyl halides is 2. The van der Waals surface area contributed by atoms with Crippen molar-refractivity contribution in [1.29, 1.82) is 0 Å². The SMILES string of the molecule is CC.FC(F)C1=CC2CC2C=C1. The molecule has 2 aliphatic carbocycles. The van der Waals surface area contributed by atoms with Crippen molar-refractivity contribution in [2.75, 3.05) is 0 Å². The monoisotopic (exact) mass is 172 g/mol. The number of rotatable bonds is 1. The van der Waals surface area contributed by atoms with Gasteiger partial charge < -0.3 is 0 Å². The van der Waals surface area contributed by atoms with Gasteiger partial charge in [-0.25, -0.2) is 8.78 Å². The summed E-state index contributed by atoms with van der Waals surface area (Å²) in [6, 6.07) is 0. The Morgan fingerprint density at radius 3 is 2.50 bits per heavy atom. The summed E-state index contributed by atoms with van der Waals surface area (Å²) in [5, 5.41) is 0. The summed E-state index contributed by atoms with van der Waals surface area (Å²) < 4.78 is 24.0. The van der Waals surface area contributed by atoms with Gasteiger partial charge in [-0.3, -0.25) is 0 Å². The molecule has 2 heteroatoms. The van der Waals surface area contributed by atoms with E-state index in [1.54, 1.807) is 12.2 Å². The maximum absolute atomic E-state index is 12.0. The summed E-state index contributed by atoms with van der Waals surface area (Å²) in [5.41, 5.74) is 0.207. The van der Waals surface area contributed by atoms with Crippen molar-refractivity contribution >= 4 is 0 Å². The lowest BCUT2D eigenvalue weighted by Gasteiger charge is -2.03. The maximum atomic E-state index is 12.0. The quantitative estimate of drug-likeness (QED) is 0.568. The van der Waals surface area contributed by atoms with E-state index in [-0.39, 0.29) is 5.57 Å². The van der Waals surface area contributed by atoms with Gasteiger partial charge in [0.25, 0.3) is 6.43 Å². The molecular formula is C10H14F2. The first kappa shape index (κ1) is 9.43. The fraction of sp³-hybridized carbons (Fsp3) is 0.600. The van der Waals surface area contributed by atoms with E-state index in [4.69, 9.17) is 0 Å². The molecule has 0 nitrogen and oxygen atoms in total. The molecule has 0 saturated heterocycles. The highest BCUT2D eigenvalue weighted by Crippen LogP contribution is 2.44. The molecule has 2 unspecified atom stereocenters. The smallest absolute Gasteiger partial charge is 0.205 e. The number of hydrogen-bond donors (Lipinski definition) is 0. The first-order valence-corrected chi connectivity index (χ1v) is 4.45. The van der Waals surface area contributed by atoms with E-state index in [2.05, 4.69) is 0 Å². The van der Waals surface area contributed by atoms with Crippen LogP contribution in [0.3, 0.4) is 0 Å². The Bertz CT molecular complexity index is 204. The maximum Gasteiger partial charge on any atom is 0.263 e. The van der Waals surface area contributed by atoms with Crippen molar-refractivity contribution in [3.8, 4) is 0 Å². The third-order valence-electron chi connectivity index (χ3n) is 2.09. The minimum Gasteiger partial charge on any atom is -0.205 e. The second kappa shape index (κ2) is 3.83. The Labute approximate surface area is 72.0 Å². The molecule has 1 fully saturated rings. The van der Waals surface area contributed by atoms with E-state index in [1.165, 1.54) is 0 Å². The number of hydrogen-bond acceptors (Lipinski definition) is 0. The van der Waals surface area contributed by atoms with Gasteiger partial charge in [0.1, 0.15) is 0 Å². The predicted octanol–water partition coefficient (Wildman–Crippen LogP) is 3.41. The highest BCUT2D eigenvalue weighted by molar-refractivity contribution is 5.31. The Balaban J connectivity index is 0.000000336. The minimum atomic E-state index is -2.28. The third kappa shape index (κ3) is 1.93. The predicted molar refractivity (Wildman–Crippen MR) is 46.2 cm³/mol. The van der Waals surface area contributed by atoms with Crippen LogP contribution in [0.2, 0.25) is 0 Å². The summed E-state index contributed by atoms with van der Waals surface area (Å²) in [7, 11) is 0. The molecule has 2 atom stereocenters. The molecule has 0 aliphatic heterocycles. The van der Waals surface area contributed by atoms with E-state index in [1.807, 2.05) is 19.9 Å². The number of fused-ring (bicyclic) bond motifs is 1. The first-order chi connectivity index (χ1) is 5.77. The van der Waals surface area contributed by atoms with Crippen molar-refractivity contribution < 1.29 is 8.78 Å². The number of allylic oxidation sites excluding steroid dienone is 4. The molecule has 2 rings (SSSR count). The van der Waals surface area contributed by atoms with Crippen molar-refractivity contribution in [3.63, 3.8) is 0 Å². The minimum absolute atomic E-state index is 0.207. The molecule has 0 spiro atoms. The van der Waals surface area contributed by atoms with Gasteiger partial charge >= 0.3 is 0 Å². The topological polar surface area (TPSA) is 0 Å². The second-order valence-corrected chi connectivity index (χ2v) is 2.89. The van der Waals surface area contributed by atoms with Crippen LogP contribution in [-0.4, -0.2) is 6.43 Å². The molecule has 0 radical (unpaired) electrons. The molecule has 68 valence electrons. The fourth-order valence-electron chi connectivity index (χ4n) is 1.33. The zero-order valence-corrected chi connectivity index (χ0v) is 7.43. The lowest BCUT2D eigenvalue weighted by molar-refractivity contribution is 0.193. The van der Waals surface area contributed by atoms with Crippen LogP contribution in [0.1, 0.15) is 20.3 Å². The summed E-state index contributed by atoms with van der Waals surface area (Å²) in [5.74, 6) is 1.02. The van der Waals surface area contributed by atoms with Crippen LogP contribution in [-0.2, 0) is 0 Å². The molecule has 0 aromatic heterocycles. The highest BCUT2D eigenvalue weighted by Gasteiger charge is 2.36. The van der Waals surface area contributed by atoms with Crippen LogP contribution < -0.4 is 0 Å². The van der Waals surface area contributed by atoms with E-state index in [9.17, 15) is 8.78 Å². The van der Waals surface area contributed by atoms with Crippen LogP contribution in [0.4, 0.5) is 8.78 Å². The molecule has 0 N–H and O–H groups in total. The van der Waals surface area contributed by atoms with Crippen molar-refractivity contribution in [2.45, 2.75) is 26.7 Å². The van der Waals surface area contributed by atoms with Crippen molar-refractivity contribution in [3.05, 3.63) is 23.8 Å². The molecule has 1 saturated carbocycles. The van der Waals surface area contributed by atoms with Crippen LogP contribution in [0.15, 0.2) is 23.8 Å². The Kier molecular flexibility index (Phi) is 3.01. The summed E-state index contributed by atoms with van der Waals surface area (Å²) in [4.78, 5) is 0. The van der Waals surface area contributed by atoms with E-state index < -0.39 is 6.43 Å². The normalized spacial score (nSPS) is 30.2. The molecule has 0 aromatic carbocycles. The largest absolute Gasteiger partial charge is 0.263 e. The molecular weight excluding hydrogens is 158 g/mol. The average Bonchev–Trinajstić information content (AvgIpc) is 2.84. The first-order valence-electron chi connectivity index (χ1n) is 4.45. The van der Waals surface area contributed by atoms with Gasteiger partial charge in [0.05, 0.1) is 0 Å². The summed E-state index contributed by atoms with van der Waals surface area (Å²) in [6.45, 7) is 4.00. The Morgan fingerprint density at radius 2 is 2.00 bits per heavy atom. The fourth-order valence-corrected chi connectivity index (χ4v) is 1.33. The van der Waals surface area contributed by atoms with Gasteiger partial charge in [-0.05, 0) is 18.3 Å². The molecule has 0 bridgehead atoms. The summed E-state index contributed by atoms with van der Waals surface area (Å²) in [6.07, 6.45) is 3.95. The Morgan fingerprint density at radius 1 is 1.33 bits per heavy atom. The molecule has 12 heavy (non-hydrogen) atoms. The van der Waals surface area contributed by atoms with Gasteiger partial charge in [-0.2, -0.15) is 0 Å². The molecule has 0 amide bonds. The average molecular weight is 172 g/mol. The van der Waals surface area contributed by atoms with Crippen LogP contribution in [0.25, 0.3) is 0 Å².